The zero-order chi connectivity index (χ0) is 23.4. The van der Waals surface area contributed by atoms with E-state index in [1.165, 1.54) is 12.8 Å². The zero-order valence-electron chi connectivity index (χ0n) is 20.3. The minimum absolute atomic E-state index is 0.0214. The Balaban J connectivity index is 1.44. The molecule has 1 amide bonds. The molecule has 4 aliphatic rings. The van der Waals surface area contributed by atoms with Crippen molar-refractivity contribution in [2.45, 2.75) is 75.7 Å². The number of nitrogens with two attached hydrogens (primary N) is 2. The summed E-state index contributed by atoms with van der Waals surface area (Å²) in [6.45, 7) is 9.92. The molecule has 0 bridgehead atoms. The molecule has 6 atom stereocenters. The van der Waals surface area contributed by atoms with Crippen molar-refractivity contribution in [2.75, 3.05) is 58.9 Å². The van der Waals surface area contributed by atoms with Gasteiger partial charge in [-0.3, -0.25) is 15.0 Å². The molecule has 1 saturated carbocycles. The third-order valence-electron chi connectivity index (χ3n) is 8.47. The number of amides is 1. The summed E-state index contributed by atoms with van der Waals surface area (Å²) in [5.74, 6) is -0.686. The van der Waals surface area contributed by atoms with Crippen molar-refractivity contribution in [1.29, 1.82) is 0 Å². The van der Waals surface area contributed by atoms with Crippen molar-refractivity contribution < 1.29 is 14.1 Å². The number of quaternary nitrogens is 1. The fourth-order valence-corrected chi connectivity index (χ4v) is 6.58. The van der Waals surface area contributed by atoms with E-state index >= 15 is 0 Å². The van der Waals surface area contributed by atoms with Gasteiger partial charge in [-0.1, -0.05) is 6.92 Å². The molecule has 4 fully saturated rings. The molecule has 0 spiro atoms. The summed E-state index contributed by atoms with van der Waals surface area (Å²) in [5, 5.41) is 10.1. The van der Waals surface area contributed by atoms with Gasteiger partial charge in [0.05, 0.1) is 18.2 Å². The fourth-order valence-electron chi connectivity index (χ4n) is 6.58. The van der Waals surface area contributed by atoms with Crippen LogP contribution in [0.3, 0.4) is 0 Å². The molecule has 9 nitrogen and oxygen atoms in total. The molecule has 0 aromatic rings. The van der Waals surface area contributed by atoms with Crippen LogP contribution in [0.25, 0.3) is 0 Å². The maximum atomic E-state index is 14.3. The Hall–Kier alpha value is -0.880. The van der Waals surface area contributed by atoms with E-state index in [4.69, 9.17) is 11.5 Å². The molecular weight excluding hydrogens is 423 g/mol. The van der Waals surface area contributed by atoms with Crippen LogP contribution in [0.2, 0.25) is 0 Å². The van der Waals surface area contributed by atoms with Gasteiger partial charge in [0, 0.05) is 45.3 Å². The zero-order valence-corrected chi connectivity index (χ0v) is 20.3. The van der Waals surface area contributed by atoms with Gasteiger partial charge in [0.1, 0.15) is 12.5 Å². The number of carbonyl (C=O) groups excluding carboxylic acids is 1. The first kappa shape index (κ1) is 25.2. The first-order valence-electron chi connectivity index (χ1n) is 13.2. The van der Waals surface area contributed by atoms with Crippen molar-refractivity contribution in [3.05, 3.63) is 0 Å². The van der Waals surface area contributed by atoms with Crippen LogP contribution in [0, 0.1) is 5.92 Å². The topological polar surface area (TPSA) is 116 Å². The number of nitrogens with zero attached hydrogens (tertiary/aromatic N) is 2. The van der Waals surface area contributed by atoms with Crippen LogP contribution < -0.4 is 32.3 Å². The van der Waals surface area contributed by atoms with Crippen LogP contribution in [0.5, 0.6) is 0 Å². The normalized spacial score (nSPS) is 36.2. The van der Waals surface area contributed by atoms with Crippen LogP contribution >= 0.6 is 0 Å². The third kappa shape index (κ3) is 6.04. The Kier molecular flexibility index (Phi) is 8.94. The highest BCUT2D eigenvalue weighted by molar-refractivity contribution is 5.80. The Bertz CT molecular complexity index is 626. The summed E-state index contributed by atoms with van der Waals surface area (Å²) in [4.78, 5) is 19.8. The smallest absolute Gasteiger partial charge is 0.233 e. The number of nitrogens with one attached hydrogen (secondary N) is 4. The number of halogens is 1. The predicted molar refractivity (Wildman–Crippen MR) is 127 cm³/mol. The maximum Gasteiger partial charge on any atom is 0.233 e. The van der Waals surface area contributed by atoms with Gasteiger partial charge in [-0.2, -0.15) is 0 Å². The summed E-state index contributed by atoms with van der Waals surface area (Å²) in [6.07, 6.45) is 3.57. The summed E-state index contributed by atoms with van der Waals surface area (Å²) >= 11 is 0. The second kappa shape index (κ2) is 11.7. The molecule has 0 radical (unpaired) electrons. The van der Waals surface area contributed by atoms with Gasteiger partial charge in [-0.15, -0.1) is 0 Å². The highest BCUT2D eigenvalue weighted by Crippen LogP contribution is 2.19. The molecule has 0 aromatic heterocycles. The Morgan fingerprint density at radius 1 is 1.15 bits per heavy atom. The van der Waals surface area contributed by atoms with E-state index < -0.39 is 18.3 Å². The lowest BCUT2D eigenvalue weighted by Gasteiger charge is -2.45. The van der Waals surface area contributed by atoms with Crippen LogP contribution in [-0.2, 0) is 4.79 Å². The minimum atomic E-state index is -0.900. The second-order valence-corrected chi connectivity index (χ2v) is 10.5. The highest BCUT2D eigenvalue weighted by atomic mass is 19.1. The lowest BCUT2D eigenvalue weighted by Crippen LogP contribution is -3.24. The molecule has 3 heterocycles. The SMILES string of the molecule is CCN1CCN(C2CCNCC2NC(=O)C(C(N)N)C2NCC(F)C[NH+]2C2CCCC2)CC1. The monoisotopic (exact) mass is 469 g/mol. The number of hydrogen-bond donors (Lipinski definition) is 6. The van der Waals surface area contributed by atoms with E-state index in [0.717, 1.165) is 70.0 Å². The van der Waals surface area contributed by atoms with E-state index in [-0.39, 0.29) is 24.7 Å². The number of alkyl halides is 1. The lowest BCUT2D eigenvalue weighted by atomic mass is 9.93. The summed E-state index contributed by atoms with van der Waals surface area (Å²) in [6, 6.07) is 0.707. The molecule has 6 unspecified atom stereocenters. The number of piperazine rings is 1. The molecule has 3 saturated heterocycles. The molecule has 33 heavy (non-hydrogen) atoms. The minimum Gasteiger partial charge on any atom is -0.350 e. The molecule has 4 rings (SSSR count). The van der Waals surface area contributed by atoms with Gasteiger partial charge in [0.2, 0.25) is 5.91 Å². The van der Waals surface area contributed by atoms with Crippen LogP contribution in [0.4, 0.5) is 4.39 Å². The van der Waals surface area contributed by atoms with Crippen molar-refractivity contribution in [3.8, 4) is 0 Å². The third-order valence-corrected chi connectivity index (χ3v) is 8.47. The Morgan fingerprint density at radius 3 is 2.55 bits per heavy atom. The molecule has 3 aliphatic heterocycles. The number of carbonyl (C=O) groups is 1. The molecular formula is C23H46FN8O+. The average Bonchev–Trinajstić information content (AvgIpc) is 3.35. The standard InChI is InChI=1S/C23H45FN8O/c1-2-30-9-11-31(12-10-30)19-7-8-27-14-18(19)29-23(33)20(21(25)26)22-28-13-16(24)15-32(22)17-5-3-4-6-17/h16-22,27-28H,2-15,25-26H2,1H3,(H,29,33)/p+1. The summed E-state index contributed by atoms with van der Waals surface area (Å²) in [5.41, 5.74) is 12.4. The van der Waals surface area contributed by atoms with Gasteiger partial charge in [0.25, 0.3) is 0 Å². The van der Waals surface area contributed by atoms with E-state index in [1.807, 2.05) is 0 Å². The Labute approximate surface area is 198 Å². The highest BCUT2D eigenvalue weighted by Gasteiger charge is 2.47. The molecule has 0 aromatic carbocycles. The van der Waals surface area contributed by atoms with Crippen molar-refractivity contribution >= 4 is 5.91 Å². The lowest BCUT2D eigenvalue weighted by molar-refractivity contribution is -0.961. The van der Waals surface area contributed by atoms with E-state index in [0.29, 0.717) is 18.6 Å². The van der Waals surface area contributed by atoms with Gasteiger partial charge in [-0.05, 0) is 45.2 Å². The summed E-state index contributed by atoms with van der Waals surface area (Å²) in [7, 11) is 0. The van der Waals surface area contributed by atoms with Gasteiger partial charge >= 0.3 is 0 Å². The largest absolute Gasteiger partial charge is 0.350 e. The molecule has 8 N–H and O–H groups in total. The first-order chi connectivity index (χ1) is 16.0. The maximum absolute atomic E-state index is 14.3. The predicted octanol–water partition coefficient (Wildman–Crippen LogP) is -2.57. The molecule has 10 heteroatoms. The van der Waals surface area contributed by atoms with Crippen LogP contribution in [0.1, 0.15) is 39.0 Å². The number of rotatable bonds is 7. The van der Waals surface area contributed by atoms with Crippen LogP contribution in [0.15, 0.2) is 0 Å². The number of hydrogen-bond acceptors (Lipinski definition) is 7. The van der Waals surface area contributed by atoms with Gasteiger partial charge in [-0.25, -0.2) is 4.39 Å². The molecule has 190 valence electrons. The second-order valence-electron chi connectivity index (χ2n) is 10.5. The van der Waals surface area contributed by atoms with Crippen molar-refractivity contribution in [1.82, 2.24) is 25.8 Å². The number of piperidine rings is 1. The number of likely N-dealkylation sites (N-methyl/N-ethyl adjacent to an activating group) is 1. The van der Waals surface area contributed by atoms with Crippen LogP contribution in [-0.4, -0.2) is 111 Å². The van der Waals surface area contributed by atoms with E-state index in [9.17, 15) is 9.18 Å². The molecule has 1 aliphatic carbocycles. The van der Waals surface area contributed by atoms with Crippen molar-refractivity contribution in [2.24, 2.45) is 17.4 Å². The fraction of sp³-hybridized carbons (Fsp3) is 0.957. The van der Waals surface area contributed by atoms with E-state index in [1.54, 1.807) is 0 Å². The van der Waals surface area contributed by atoms with Gasteiger partial charge < -0.3 is 31.9 Å². The average molecular weight is 470 g/mol. The Morgan fingerprint density at radius 2 is 1.88 bits per heavy atom. The summed E-state index contributed by atoms with van der Waals surface area (Å²) < 4.78 is 14.3. The quantitative estimate of drug-likeness (QED) is 0.227. The van der Waals surface area contributed by atoms with E-state index in [2.05, 4.69) is 32.7 Å². The van der Waals surface area contributed by atoms with Gasteiger partial charge in [0.15, 0.2) is 12.3 Å². The van der Waals surface area contributed by atoms with Crippen molar-refractivity contribution in [3.63, 3.8) is 0 Å². The first-order valence-corrected chi connectivity index (χ1v) is 13.2.